The highest BCUT2D eigenvalue weighted by Crippen LogP contribution is 2.35. The van der Waals surface area contributed by atoms with Crippen LogP contribution >= 0.6 is 0 Å². The van der Waals surface area contributed by atoms with E-state index in [1.54, 1.807) is 6.07 Å². The van der Waals surface area contributed by atoms with E-state index in [-0.39, 0.29) is 17.3 Å². The highest BCUT2D eigenvalue weighted by atomic mass is 32.2. The van der Waals surface area contributed by atoms with Gasteiger partial charge in [-0.05, 0) is 70.6 Å². The Balaban J connectivity index is 1.57. The quantitative estimate of drug-likeness (QED) is 0.279. The molecule has 2 aliphatic rings. The van der Waals surface area contributed by atoms with E-state index in [9.17, 15) is 23.1 Å². The maximum absolute atomic E-state index is 13.7. The Morgan fingerprint density at radius 1 is 1.02 bits per heavy atom. The van der Waals surface area contributed by atoms with Crippen LogP contribution in [-0.4, -0.2) is 55.3 Å². The number of carbonyl (C=O) groups is 2. The van der Waals surface area contributed by atoms with Gasteiger partial charge in [0.2, 0.25) is 10.0 Å². The number of nitrogens with zero attached hydrogens (tertiary/aromatic N) is 1. The number of aromatic nitrogens is 1. The van der Waals surface area contributed by atoms with E-state index >= 15 is 0 Å². The summed E-state index contributed by atoms with van der Waals surface area (Å²) >= 11 is 0. The fourth-order valence-corrected chi connectivity index (χ4v) is 8.36. The van der Waals surface area contributed by atoms with Crippen molar-refractivity contribution in [2.45, 2.75) is 89.5 Å². The molecule has 0 atom stereocenters. The van der Waals surface area contributed by atoms with Gasteiger partial charge >= 0.3 is 5.97 Å². The predicted octanol–water partition coefficient (Wildman–Crippen LogP) is 5.75. The predicted molar refractivity (Wildman–Crippen MR) is 171 cm³/mol. The van der Waals surface area contributed by atoms with Crippen LogP contribution in [0, 0.1) is 18.3 Å². The average Bonchev–Trinajstić information content (AvgIpc) is 3.30. The van der Waals surface area contributed by atoms with Crippen molar-refractivity contribution in [3.05, 3.63) is 59.4 Å². The first-order valence-electron chi connectivity index (χ1n) is 15.7. The van der Waals surface area contributed by atoms with Crippen molar-refractivity contribution >= 4 is 32.7 Å². The van der Waals surface area contributed by atoms with Crippen molar-refractivity contribution in [3.8, 4) is 5.69 Å². The maximum Gasteiger partial charge on any atom is 0.311 e. The number of benzene rings is 2. The lowest BCUT2D eigenvalue weighted by atomic mass is 9.80. The molecule has 1 amide bonds. The minimum absolute atomic E-state index is 0.0311. The fourth-order valence-electron chi connectivity index (χ4n) is 6.73. The number of carbonyl (C=O) groups excluding carboxylic acids is 1. The monoisotopic (exact) mass is 623 g/mol. The minimum Gasteiger partial charge on any atom is -0.481 e. The van der Waals surface area contributed by atoms with Gasteiger partial charge in [-0.15, -0.1) is 0 Å². The van der Waals surface area contributed by atoms with E-state index in [2.05, 4.69) is 14.6 Å². The zero-order chi connectivity index (χ0) is 31.7. The molecule has 3 N–H and O–H groups in total. The first kappa shape index (κ1) is 32.2. The Hall–Kier alpha value is -3.21. The summed E-state index contributed by atoms with van der Waals surface area (Å²) in [6.45, 7) is 8.14. The summed E-state index contributed by atoms with van der Waals surface area (Å²) in [6, 6.07) is 10.9. The number of rotatable bonds is 9. The van der Waals surface area contributed by atoms with E-state index < -0.39 is 26.9 Å². The van der Waals surface area contributed by atoms with Crippen LogP contribution in [0.15, 0.2) is 47.5 Å². The van der Waals surface area contributed by atoms with Crippen LogP contribution < -0.4 is 10.0 Å². The molecule has 2 aromatic carbocycles. The number of sulfonamides is 1. The lowest BCUT2D eigenvalue weighted by Crippen LogP contribution is -2.46. The number of aliphatic carboxylic acids is 1. The molecule has 1 aliphatic heterocycles. The van der Waals surface area contributed by atoms with Crippen LogP contribution in [0.1, 0.15) is 87.3 Å². The summed E-state index contributed by atoms with van der Waals surface area (Å²) in [7, 11) is -3.80. The van der Waals surface area contributed by atoms with Crippen LogP contribution in [0.3, 0.4) is 0 Å². The molecule has 0 bridgehead atoms. The van der Waals surface area contributed by atoms with Crippen molar-refractivity contribution in [1.29, 1.82) is 0 Å². The molecule has 10 heteroatoms. The Kier molecular flexibility index (Phi) is 9.26. The number of nitrogens with one attached hydrogen (secondary N) is 2. The second-order valence-electron chi connectivity index (χ2n) is 13.6. The van der Waals surface area contributed by atoms with Gasteiger partial charge in [0.05, 0.1) is 21.6 Å². The van der Waals surface area contributed by atoms with Crippen LogP contribution in [0.2, 0.25) is 0 Å². The third-order valence-corrected chi connectivity index (χ3v) is 11.0. The lowest BCUT2D eigenvalue weighted by Gasteiger charge is -2.33. The first-order chi connectivity index (χ1) is 20.8. The molecule has 238 valence electrons. The summed E-state index contributed by atoms with van der Waals surface area (Å²) in [4.78, 5) is 26.1. The van der Waals surface area contributed by atoms with Gasteiger partial charge in [-0.3, -0.25) is 9.59 Å². The fraction of sp³-hybridized carbons (Fsp3) is 0.529. The molecule has 0 spiro atoms. The van der Waals surface area contributed by atoms with E-state index in [4.69, 9.17) is 4.74 Å². The number of ether oxygens (including phenoxy) is 1. The molecular formula is C34H45N3O6S. The Bertz CT molecular complexity index is 1640. The van der Waals surface area contributed by atoms with Gasteiger partial charge in [-0.2, -0.15) is 0 Å². The number of carboxylic acids is 1. The SMILES string of the molecule is Cc1c(C(=O)NCC2(C(=O)O)CCOCC2)cn(-c2ccc(S(=O)(=O)NC(C)(C)C)c3ccccc23)c1CC1CCCCC1. The molecule has 1 aromatic heterocycles. The molecule has 2 heterocycles. The van der Waals surface area contributed by atoms with Crippen LogP contribution in [0.25, 0.3) is 16.5 Å². The van der Waals surface area contributed by atoms with E-state index in [1.165, 1.54) is 19.3 Å². The number of carboxylic acid groups (broad SMARTS) is 1. The van der Waals surface area contributed by atoms with Gasteiger partial charge in [0.25, 0.3) is 5.91 Å². The van der Waals surface area contributed by atoms with Crippen LogP contribution in [-0.2, 0) is 26.0 Å². The Morgan fingerprint density at radius 3 is 2.32 bits per heavy atom. The van der Waals surface area contributed by atoms with Crippen molar-refractivity contribution in [2.75, 3.05) is 19.8 Å². The van der Waals surface area contributed by atoms with Crippen molar-refractivity contribution in [3.63, 3.8) is 0 Å². The van der Waals surface area contributed by atoms with Gasteiger partial charge in [-0.1, -0.05) is 56.4 Å². The van der Waals surface area contributed by atoms with Crippen molar-refractivity contribution < 1.29 is 27.9 Å². The molecule has 0 unspecified atom stereocenters. The second-order valence-corrected chi connectivity index (χ2v) is 15.2. The molecule has 1 saturated heterocycles. The highest BCUT2D eigenvalue weighted by molar-refractivity contribution is 7.89. The summed E-state index contributed by atoms with van der Waals surface area (Å²) in [5.74, 6) is -0.738. The summed E-state index contributed by atoms with van der Waals surface area (Å²) < 4.78 is 37.1. The number of hydrogen-bond donors (Lipinski definition) is 3. The van der Waals surface area contributed by atoms with Crippen LogP contribution in [0.4, 0.5) is 0 Å². The smallest absolute Gasteiger partial charge is 0.311 e. The third kappa shape index (κ3) is 6.72. The minimum atomic E-state index is -3.80. The summed E-state index contributed by atoms with van der Waals surface area (Å²) in [5, 5.41) is 14.3. The number of amides is 1. The van der Waals surface area contributed by atoms with Gasteiger partial charge < -0.3 is 19.7 Å². The average molecular weight is 624 g/mol. The zero-order valence-corrected chi connectivity index (χ0v) is 27.1. The first-order valence-corrected chi connectivity index (χ1v) is 17.2. The molecule has 3 aromatic rings. The molecule has 9 nitrogen and oxygen atoms in total. The zero-order valence-electron chi connectivity index (χ0n) is 26.2. The molecular weight excluding hydrogens is 578 g/mol. The van der Waals surface area contributed by atoms with Gasteiger partial charge in [0, 0.05) is 48.0 Å². The number of hydrogen-bond acceptors (Lipinski definition) is 5. The molecule has 5 rings (SSSR count). The molecule has 1 aliphatic carbocycles. The normalized spacial score (nSPS) is 17.9. The largest absolute Gasteiger partial charge is 0.481 e. The van der Waals surface area contributed by atoms with Gasteiger partial charge in [-0.25, -0.2) is 13.1 Å². The molecule has 2 fully saturated rings. The van der Waals surface area contributed by atoms with E-state index in [0.29, 0.717) is 42.9 Å². The third-order valence-electron chi connectivity index (χ3n) is 9.18. The van der Waals surface area contributed by atoms with Gasteiger partial charge in [0.15, 0.2) is 0 Å². The van der Waals surface area contributed by atoms with Crippen LogP contribution in [0.5, 0.6) is 0 Å². The Labute approximate surface area is 260 Å². The molecule has 44 heavy (non-hydrogen) atoms. The molecule has 0 radical (unpaired) electrons. The van der Waals surface area contributed by atoms with E-state index in [0.717, 1.165) is 41.6 Å². The van der Waals surface area contributed by atoms with E-state index in [1.807, 2.05) is 64.2 Å². The topological polar surface area (TPSA) is 127 Å². The summed E-state index contributed by atoms with van der Waals surface area (Å²) in [5.41, 5.74) is 1.49. The Morgan fingerprint density at radius 2 is 1.68 bits per heavy atom. The van der Waals surface area contributed by atoms with Gasteiger partial charge in [0.1, 0.15) is 0 Å². The second kappa shape index (κ2) is 12.7. The number of fused-ring (bicyclic) bond motifs is 1. The highest BCUT2D eigenvalue weighted by Gasteiger charge is 2.40. The maximum atomic E-state index is 13.7. The standard InChI is InChI=1S/C34H45N3O6S/c1-23-27(31(38)35-22-34(32(39)40)16-18-43-19-17-34)21-37(29(23)20-24-10-6-5-7-11-24)28-14-15-30(26-13-9-8-12-25(26)28)44(41,42)36-33(2,3)4/h8-9,12-15,21,24,36H,5-7,10-11,16-20,22H2,1-4H3,(H,35,38)(H,39,40). The van der Waals surface area contributed by atoms with Crippen molar-refractivity contribution in [1.82, 2.24) is 14.6 Å². The van der Waals surface area contributed by atoms with Crippen molar-refractivity contribution in [2.24, 2.45) is 11.3 Å². The molecule has 1 saturated carbocycles. The lowest BCUT2D eigenvalue weighted by molar-refractivity contribution is -0.154. The summed E-state index contributed by atoms with van der Waals surface area (Å²) in [6.07, 6.45) is 9.21.